The number of aliphatic hydroxyl groups is 1. The van der Waals surface area contributed by atoms with E-state index in [2.05, 4.69) is 4.90 Å². The lowest BCUT2D eigenvalue weighted by molar-refractivity contribution is 0.0532. The van der Waals surface area contributed by atoms with Gasteiger partial charge in [-0.1, -0.05) is 12.1 Å². The predicted octanol–water partition coefficient (Wildman–Crippen LogP) is 2.38. The molecule has 0 aliphatic carbocycles. The molecule has 0 spiro atoms. The Balaban J connectivity index is 1.53. The summed E-state index contributed by atoms with van der Waals surface area (Å²) >= 11 is 1.55. The van der Waals surface area contributed by atoms with Crippen molar-refractivity contribution >= 4 is 17.2 Å². The summed E-state index contributed by atoms with van der Waals surface area (Å²) in [7, 11) is 0. The summed E-state index contributed by atoms with van der Waals surface area (Å²) in [6.45, 7) is 3.18. The van der Waals surface area contributed by atoms with Crippen LogP contribution < -0.4 is 0 Å². The third-order valence-electron chi connectivity index (χ3n) is 4.03. The normalized spacial score (nSPS) is 17.2. The molecule has 4 nitrogen and oxygen atoms in total. The molecule has 2 aromatic rings. The third-order valence-corrected chi connectivity index (χ3v) is 5.01. The van der Waals surface area contributed by atoms with Crippen LogP contribution in [0.1, 0.15) is 21.3 Å². The van der Waals surface area contributed by atoms with E-state index >= 15 is 0 Å². The zero-order valence-corrected chi connectivity index (χ0v) is 13.5. The second-order valence-corrected chi connectivity index (χ2v) is 6.61. The highest BCUT2D eigenvalue weighted by atomic mass is 32.1. The van der Waals surface area contributed by atoms with Crippen LogP contribution in [-0.4, -0.2) is 53.5 Å². The van der Waals surface area contributed by atoms with Gasteiger partial charge in [0.25, 0.3) is 5.91 Å². The number of piperazine rings is 1. The molecule has 1 saturated heterocycles. The smallest absolute Gasteiger partial charge is 0.254 e. The van der Waals surface area contributed by atoms with Gasteiger partial charge in [0.05, 0.1) is 0 Å². The largest absolute Gasteiger partial charge is 0.386 e. The highest BCUT2D eigenvalue weighted by Crippen LogP contribution is 2.20. The number of halogens is 1. The van der Waals surface area contributed by atoms with E-state index in [1.165, 1.54) is 12.1 Å². The van der Waals surface area contributed by atoms with Gasteiger partial charge >= 0.3 is 0 Å². The number of carbonyl (C=O) groups excluding carboxylic acids is 1. The molecule has 0 unspecified atom stereocenters. The van der Waals surface area contributed by atoms with Gasteiger partial charge in [-0.2, -0.15) is 0 Å². The monoisotopic (exact) mass is 334 g/mol. The van der Waals surface area contributed by atoms with Crippen LogP contribution in [0.5, 0.6) is 0 Å². The minimum absolute atomic E-state index is 0.136. The summed E-state index contributed by atoms with van der Waals surface area (Å²) in [6.07, 6.45) is -0.486. The molecule has 1 aromatic heterocycles. The second kappa shape index (κ2) is 7.21. The van der Waals surface area contributed by atoms with Crippen molar-refractivity contribution in [1.29, 1.82) is 0 Å². The Morgan fingerprint density at radius 1 is 1.22 bits per heavy atom. The average molecular weight is 334 g/mol. The molecule has 1 amide bonds. The van der Waals surface area contributed by atoms with E-state index in [-0.39, 0.29) is 5.91 Å². The molecular formula is C17H19FN2O2S. The molecule has 0 bridgehead atoms. The second-order valence-electron chi connectivity index (χ2n) is 5.63. The van der Waals surface area contributed by atoms with Crippen LogP contribution in [0, 0.1) is 5.82 Å². The topological polar surface area (TPSA) is 43.8 Å². The number of carbonyl (C=O) groups is 1. The van der Waals surface area contributed by atoms with Crippen molar-refractivity contribution in [3.63, 3.8) is 0 Å². The van der Waals surface area contributed by atoms with Gasteiger partial charge in [0.2, 0.25) is 0 Å². The van der Waals surface area contributed by atoms with Gasteiger partial charge < -0.3 is 10.0 Å². The van der Waals surface area contributed by atoms with E-state index in [4.69, 9.17) is 0 Å². The maximum Gasteiger partial charge on any atom is 0.254 e. The highest BCUT2D eigenvalue weighted by molar-refractivity contribution is 7.10. The first kappa shape index (κ1) is 16.1. The lowest BCUT2D eigenvalue weighted by Gasteiger charge is -2.35. The summed E-state index contributed by atoms with van der Waals surface area (Å²) in [5.41, 5.74) is 0.386. The van der Waals surface area contributed by atoms with Crippen LogP contribution in [0.3, 0.4) is 0 Å². The van der Waals surface area contributed by atoms with Crippen LogP contribution in [0.25, 0.3) is 0 Å². The average Bonchev–Trinajstić information content (AvgIpc) is 3.09. The maximum atomic E-state index is 13.2. The maximum absolute atomic E-state index is 13.2. The fraction of sp³-hybridized carbons (Fsp3) is 0.353. The molecule has 1 aliphatic heterocycles. The summed E-state index contributed by atoms with van der Waals surface area (Å²) in [5.74, 6) is -0.531. The molecule has 6 heteroatoms. The molecule has 1 fully saturated rings. The van der Waals surface area contributed by atoms with Crippen molar-refractivity contribution in [2.45, 2.75) is 6.10 Å². The Kier molecular flexibility index (Phi) is 5.05. The number of benzene rings is 1. The van der Waals surface area contributed by atoms with Gasteiger partial charge in [0, 0.05) is 43.2 Å². The molecule has 2 heterocycles. The molecule has 122 valence electrons. The molecule has 23 heavy (non-hydrogen) atoms. The number of hydrogen-bond donors (Lipinski definition) is 1. The molecular weight excluding hydrogens is 315 g/mol. The molecule has 0 radical (unpaired) electrons. The van der Waals surface area contributed by atoms with Gasteiger partial charge in [0.15, 0.2) is 0 Å². The summed E-state index contributed by atoms with van der Waals surface area (Å²) in [5, 5.41) is 12.1. The SMILES string of the molecule is O=C(c1cccc(F)c1)N1CCN(C[C@@H](O)c2cccs2)CC1. The van der Waals surface area contributed by atoms with E-state index in [1.54, 1.807) is 28.4 Å². The van der Waals surface area contributed by atoms with Gasteiger partial charge in [-0.3, -0.25) is 9.69 Å². The zero-order valence-electron chi connectivity index (χ0n) is 12.7. The molecule has 3 rings (SSSR count). The van der Waals surface area contributed by atoms with Crippen molar-refractivity contribution in [3.05, 3.63) is 58.0 Å². The summed E-state index contributed by atoms with van der Waals surface area (Å²) in [6, 6.07) is 9.66. The van der Waals surface area contributed by atoms with Crippen LogP contribution in [0.15, 0.2) is 41.8 Å². The fourth-order valence-corrected chi connectivity index (χ4v) is 3.46. The summed E-state index contributed by atoms with van der Waals surface area (Å²) in [4.78, 5) is 17.2. The fourth-order valence-electron chi connectivity index (χ4n) is 2.75. The Morgan fingerprint density at radius 3 is 2.65 bits per heavy atom. The molecule has 1 atom stereocenters. The minimum atomic E-state index is -0.486. The quantitative estimate of drug-likeness (QED) is 0.934. The number of nitrogens with zero attached hydrogens (tertiary/aromatic N) is 2. The van der Waals surface area contributed by atoms with Gasteiger partial charge in [-0.05, 0) is 29.6 Å². The van der Waals surface area contributed by atoms with Crippen molar-refractivity contribution in [2.75, 3.05) is 32.7 Å². The molecule has 1 N–H and O–H groups in total. The van der Waals surface area contributed by atoms with Crippen molar-refractivity contribution in [3.8, 4) is 0 Å². The highest BCUT2D eigenvalue weighted by Gasteiger charge is 2.24. The molecule has 1 aromatic carbocycles. The lowest BCUT2D eigenvalue weighted by atomic mass is 10.1. The van der Waals surface area contributed by atoms with Crippen molar-refractivity contribution in [2.24, 2.45) is 0 Å². The van der Waals surface area contributed by atoms with Crippen molar-refractivity contribution in [1.82, 2.24) is 9.80 Å². The van der Waals surface area contributed by atoms with Crippen LogP contribution in [0.2, 0.25) is 0 Å². The number of rotatable bonds is 4. The Labute approximate surface area is 138 Å². The zero-order chi connectivity index (χ0) is 16.2. The van der Waals surface area contributed by atoms with Gasteiger partial charge in [-0.25, -0.2) is 4.39 Å². The number of hydrogen-bond acceptors (Lipinski definition) is 4. The lowest BCUT2D eigenvalue weighted by Crippen LogP contribution is -2.49. The van der Waals surface area contributed by atoms with Crippen LogP contribution in [0.4, 0.5) is 4.39 Å². The van der Waals surface area contributed by atoms with E-state index in [0.29, 0.717) is 38.3 Å². The Bertz CT molecular complexity index is 654. The van der Waals surface area contributed by atoms with E-state index in [1.807, 2.05) is 17.5 Å². The first-order chi connectivity index (χ1) is 11.1. The number of β-amino-alcohol motifs (C(OH)–C–C–N with tert-alkyl or cyclic N) is 1. The number of aliphatic hydroxyl groups excluding tert-OH is 1. The predicted molar refractivity (Wildman–Crippen MR) is 88.0 cm³/mol. The summed E-state index contributed by atoms with van der Waals surface area (Å²) < 4.78 is 13.2. The number of thiophene rings is 1. The van der Waals surface area contributed by atoms with Crippen molar-refractivity contribution < 1.29 is 14.3 Å². The number of amides is 1. The first-order valence-electron chi connectivity index (χ1n) is 7.62. The molecule has 1 aliphatic rings. The van der Waals surface area contributed by atoms with E-state index in [0.717, 1.165) is 4.88 Å². The third kappa shape index (κ3) is 3.96. The molecule has 0 saturated carbocycles. The van der Waals surface area contributed by atoms with E-state index in [9.17, 15) is 14.3 Å². The van der Waals surface area contributed by atoms with Gasteiger partial charge in [-0.15, -0.1) is 11.3 Å². The Hall–Kier alpha value is -1.76. The standard InChI is InChI=1S/C17H19FN2O2S/c18-14-4-1-3-13(11-14)17(22)20-8-6-19(7-9-20)12-15(21)16-5-2-10-23-16/h1-5,10-11,15,21H,6-9,12H2/t15-/m1/s1. The van der Waals surface area contributed by atoms with E-state index < -0.39 is 11.9 Å². The van der Waals surface area contributed by atoms with Gasteiger partial charge in [0.1, 0.15) is 11.9 Å². The Morgan fingerprint density at radius 2 is 2.00 bits per heavy atom. The van der Waals surface area contributed by atoms with Crippen LogP contribution >= 0.6 is 11.3 Å². The van der Waals surface area contributed by atoms with Crippen LogP contribution in [-0.2, 0) is 0 Å². The minimum Gasteiger partial charge on any atom is -0.386 e. The first-order valence-corrected chi connectivity index (χ1v) is 8.50.